The summed E-state index contributed by atoms with van der Waals surface area (Å²) < 4.78 is 10.5. The fraction of sp³-hybridized carbons (Fsp3) is 0.471. The highest BCUT2D eigenvalue weighted by molar-refractivity contribution is 5.91. The van der Waals surface area contributed by atoms with Crippen LogP contribution in [0.2, 0.25) is 0 Å². The van der Waals surface area contributed by atoms with E-state index in [9.17, 15) is 9.90 Å². The van der Waals surface area contributed by atoms with Gasteiger partial charge in [-0.2, -0.15) is 0 Å². The highest BCUT2D eigenvalue weighted by Crippen LogP contribution is 2.56. The quantitative estimate of drug-likeness (QED) is 0.863. The monoisotopic (exact) mass is 290 g/mol. The first-order valence-corrected chi connectivity index (χ1v) is 7.06. The van der Waals surface area contributed by atoms with Gasteiger partial charge in [-0.1, -0.05) is 19.9 Å². The molecule has 1 aliphatic carbocycles. The van der Waals surface area contributed by atoms with Crippen LogP contribution in [-0.4, -0.2) is 30.4 Å². The van der Waals surface area contributed by atoms with Crippen LogP contribution < -0.4 is 0 Å². The molecule has 21 heavy (non-hydrogen) atoms. The standard InChI is InChI=1S/C17H22O4/c1-6-21-17(4)10-13(16(17,2)3)12-8-7-11(9-14(12)18)15(19)20-5/h7-10,18H,6H2,1-5H3/t17-/m1/s1. The lowest BCUT2D eigenvalue weighted by Crippen LogP contribution is -2.51. The number of carbonyl (C=O) groups is 1. The van der Waals surface area contributed by atoms with Gasteiger partial charge in [-0.15, -0.1) is 0 Å². The third kappa shape index (κ3) is 2.33. The first-order chi connectivity index (χ1) is 9.76. The second-order valence-corrected chi connectivity index (χ2v) is 5.95. The van der Waals surface area contributed by atoms with E-state index in [0.29, 0.717) is 12.2 Å². The first-order valence-electron chi connectivity index (χ1n) is 7.06. The third-order valence-corrected chi connectivity index (χ3v) is 4.49. The van der Waals surface area contributed by atoms with Gasteiger partial charge in [0.15, 0.2) is 0 Å². The summed E-state index contributed by atoms with van der Waals surface area (Å²) in [4.78, 5) is 11.5. The summed E-state index contributed by atoms with van der Waals surface area (Å²) in [5.41, 5.74) is 1.53. The summed E-state index contributed by atoms with van der Waals surface area (Å²) in [6.45, 7) is 8.82. The summed E-state index contributed by atoms with van der Waals surface area (Å²) >= 11 is 0. The zero-order valence-electron chi connectivity index (χ0n) is 13.2. The van der Waals surface area contributed by atoms with Gasteiger partial charge in [-0.05, 0) is 37.6 Å². The number of hydrogen-bond acceptors (Lipinski definition) is 4. The van der Waals surface area contributed by atoms with Gasteiger partial charge in [0, 0.05) is 17.6 Å². The molecule has 0 aromatic heterocycles. The van der Waals surface area contributed by atoms with E-state index >= 15 is 0 Å². The van der Waals surface area contributed by atoms with Gasteiger partial charge in [0.25, 0.3) is 0 Å². The molecule has 1 N–H and O–H groups in total. The van der Waals surface area contributed by atoms with E-state index in [1.807, 2.05) is 19.9 Å². The largest absolute Gasteiger partial charge is 0.507 e. The number of aromatic hydroxyl groups is 1. The van der Waals surface area contributed by atoms with E-state index in [2.05, 4.69) is 18.6 Å². The molecule has 1 aromatic carbocycles. The van der Waals surface area contributed by atoms with E-state index in [1.165, 1.54) is 13.2 Å². The molecule has 0 aliphatic heterocycles. The fourth-order valence-corrected chi connectivity index (χ4v) is 2.77. The average Bonchev–Trinajstić information content (AvgIpc) is 2.44. The van der Waals surface area contributed by atoms with Crippen molar-refractivity contribution in [2.75, 3.05) is 13.7 Å². The molecule has 0 unspecified atom stereocenters. The first kappa shape index (κ1) is 15.6. The van der Waals surface area contributed by atoms with Gasteiger partial charge in [0.2, 0.25) is 0 Å². The second-order valence-electron chi connectivity index (χ2n) is 5.95. The summed E-state index contributed by atoms with van der Waals surface area (Å²) in [6, 6.07) is 4.85. The predicted octanol–water partition coefficient (Wildman–Crippen LogP) is 3.40. The molecule has 0 saturated carbocycles. The van der Waals surface area contributed by atoms with Crippen LogP contribution in [0.4, 0.5) is 0 Å². The molecule has 4 heteroatoms. The maximum absolute atomic E-state index is 11.5. The number of phenols is 1. The number of hydrogen-bond donors (Lipinski definition) is 1. The second kappa shape index (κ2) is 5.19. The van der Waals surface area contributed by atoms with Crippen LogP contribution in [0.3, 0.4) is 0 Å². The Morgan fingerprint density at radius 2 is 1.95 bits per heavy atom. The molecule has 0 fully saturated rings. The van der Waals surface area contributed by atoms with E-state index < -0.39 is 5.97 Å². The molecule has 2 rings (SSSR count). The summed E-state index contributed by atoms with van der Waals surface area (Å²) in [5.74, 6) is -0.381. The number of ether oxygens (including phenoxy) is 2. The molecular weight excluding hydrogens is 268 g/mol. The number of phenolic OH excluding ortho intramolecular Hbond substituents is 1. The van der Waals surface area contributed by atoms with Gasteiger partial charge in [-0.25, -0.2) is 4.79 Å². The lowest BCUT2D eigenvalue weighted by atomic mass is 9.58. The van der Waals surface area contributed by atoms with Crippen LogP contribution in [0.15, 0.2) is 24.3 Å². The van der Waals surface area contributed by atoms with Gasteiger partial charge >= 0.3 is 5.97 Å². The molecule has 0 heterocycles. The SMILES string of the molecule is CCO[C@]1(C)C=C(c2ccc(C(=O)OC)cc2O)C1(C)C. The molecule has 1 aliphatic rings. The van der Waals surface area contributed by atoms with Crippen LogP contribution in [-0.2, 0) is 9.47 Å². The van der Waals surface area contributed by atoms with Crippen molar-refractivity contribution in [1.29, 1.82) is 0 Å². The normalized spacial score (nSPS) is 23.2. The Hall–Kier alpha value is -1.81. The molecule has 4 nitrogen and oxygen atoms in total. The Balaban J connectivity index is 2.39. The number of esters is 1. The van der Waals surface area contributed by atoms with E-state index in [4.69, 9.17) is 4.74 Å². The van der Waals surface area contributed by atoms with E-state index in [1.54, 1.807) is 12.1 Å². The van der Waals surface area contributed by atoms with Crippen LogP contribution >= 0.6 is 0 Å². The van der Waals surface area contributed by atoms with Gasteiger partial charge < -0.3 is 14.6 Å². The van der Waals surface area contributed by atoms with Gasteiger partial charge in [0.05, 0.1) is 18.3 Å². The zero-order chi connectivity index (χ0) is 15.8. The van der Waals surface area contributed by atoms with E-state index in [-0.39, 0.29) is 16.8 Å². The molecule has 0 spiro atoms. The average molecular weight is 290 g/mol. The topological polar surface area (TPSA) is 55.8 Å². The lowest BCUT2D eigenvalue weighted by molar-refractivity contribution is -0.0618. The smallest absolute Gasteiger partial charge is 0.337 e. The third-order valence-electron chi connectivity index (χ3n) is 4.49. The van der Waals surface area contributed by atoms with Crippen molar-refractivity contribution in [2.24, 2.45) is 5.41 Å². The molecular formula is C17H22O4. The minimum atomic E-state index is -0.460. The van der Waals surface area contributed by atoms with Crippen LogP contribution in [0.25, 0.3) is 5.57 Å². The van der Waals surface area contributed by atoms with Gasteiger partial charge in [-0.3, -0.25) is 0 Å². The Labute approximate surface area is 125 Å². The summed E-state index contributed by atoms with van der Waals surface area (Å²) in [6.07, 6.45) is 2.03. The highest BCUT2D eigenvalue weighted by atomic mass is 16.5. The van der Waals surface area contributed by atoms with Crippen LogP contribution in [0, 0.1) is 5.41 Å². The maximum Gasteiger partial charge on any atom is 0.337 e. The van der Waals surface area contributed by atoms with Gasteiger partial charge in [0.1, 0.15) is 5.75 Å². The van der Waals surface area contributed by atoms with Crippen LogP contribution in [0.1, 0.15) is 43.6 Å². The number of carbonyl (C=O) groups excluding carboxylic acids is 1. The Bertz CT molecular complexity index is 601. The Morgan fingerprint density at radius 3 is 2.43 bits per heavy atom. The van der Waals surface area contributed by atoms with Crippen LogP contribution in [0.5, 0.6) is 5.75 Å². The fourth-order valence-electron chi connectivity index (χ4n) is 2.77. The maximum atomic E-state index is 11.5. The molecule has 0 saturated heterocycles. The predicted molar refractivity (Wildman–Crippen MR) is 81.2 cm³/mol. The molecule has 0 bridgehead atoms. The number of benzene rings is 1. The van der Waals surface area contributed by atoms with E-state index in [0.717, 1.165) is 11.1 Å². The number of methoxy groups -OCH3 is 1. The van der Waals surface area contributed by atoms with Crippen molar-refractivity contribution in [2.45, 2.75) is 33.3 Å². The molecule has 1 aromatic rings. The zero-order valence-corrected chi connectivity index (χ0v) is 13.2. The molecule has 0 amide bonds. The van der Waals surface area contributed by atoms with Crippen molar-refractivity contribution in [1.82, 2.24) is 0 Å². The van der Waals surface area contributed by atoms with Crippen molar-refractivity contribution in [3.8, 4) is 5.75 Å². The van der Waals surface area contributed by atoms with Crippen molar-refractivity contribution in [3.63, 3.8) is 0 Å². The Kier molecular flexibility index (Phi) is 3.85. The minimum Gasteiger partial charge on any atom is -0.507 e. The van der Waals surface area contributed by atoms with Crippen molar-refractivity contribution >= 4 is 11.5 Å². The lowest BCUT2D eigenvalue weighted by Gasteiger charge is -2.52. The minimum absolute atomic E-state index is 0.0794. The Morgan fingerprint density at radius 1 is 1.29 bits per heavy atom. The van der Waals surface area contributed by atoms with Crippen molar-refractivity contribution in [3.05, 3.63) is 35.4 Å². The molecule has 114 valence electrons. The highest BCUT2D eigenvalue weighted by Gasteiger charge is 2.51. The molecule has 1 atom stereocenters. The molecule has 0 radical (unpaired) electrons. The number of rotatable bonds is 4. The van der Waals surface area contributed by atoms with Crippen molar-refractivity contribution < 1.29 is 19.4 Å². The summed E-state index contributed by atoms with van der Waals surface area (Å²) in [5, 5.41) is 10.2. The summed E-state index contributed by atoms with van der Waals surface area (Å²) in [7, 11) is 1.32.